The lowest BCUT2D eigenvalue weighted by molar-refractivity contribution is 0.0657. The van der Waals surface area contributed by atoms with Crippen molar-refractivity contribution in [1.29, 1.82) is 5.26 Å². The summed E-state index contributed by atoms with van der Waals surface area (Å²) < 4.78 is 15.4. The number of carbonyl (C=O) groups is 1. The van der Waals surface area contributed by atoms with Crippen LogP contribution in [0.5, 0.6) is 17.4 Å². The Morgan fingerprint density at radius 2 is 2.11 bits per heavy atom. The molecule has 1 aromatic heterocycles. The monoisotopic (exact) mass is 259 g/mol. The third-order valence-electron chi connectivity index (χ3n) is 2.30. The minimum absolute atomic E-state index is 0.0282. The van der Waals surface area contributed by atoms with Gasteiger partial charge in [0.15, 0.2) is 11.5 Å². The summed E-state index contributed by atoms with van der Waals surface area (Å²) in [7, 11) is 1.44. The SMILES string of the molecule is COc1cc(C#N)ccc1Oc1ccc(C(=O)O)o1. The predicted octanol–water partition coefficient (Wildman–Crippen LogP) is 2.65. The summed E-state index contributed by atoms with van der Waals surface area (Å²) in [5, 5.41) is 17.5. The maximum absolute atomic E-state index is 10.7. The van der Waals surface area contributed by atoms with Crippen LogP contribution in [0.3, 0.4) is 0 Å². The number of furan rings is 1. The molecule has 1 N–H and O–H groups in total. The Morgan fingerprint density at radius 1 is 1.32 bits per heavy atom. The van der Waals surface area contributed by atoms with E-state index in [0.29, 0.717) is 17.1 Å². The number of nitrogens with zero attached hydrogens (tertiary/aromatic N) is 1. The van der Waals surface area contributed by atoms with Crippen LogP contribution in [-0.4, -0.2) is 18.2 Å². The molecule has 19 heavy (non-hydrogen) atoms. The Bertz CT molecular complexity index is 653. The molecule has 0 atom stereocenters. The van der Waals surface area contributed by atoms with Gasteiger partial charge in [-0.3, -0.25) is 0 Å². The van der Waals surface area contributed by atoms with Gasteiger partial charge < -0.3 is 19.0 Å². The summed E-state index contributed by atoms with van der Waals surface area (Å²) in [4.78, 5) is 10.7. The molecule has 0 aliphatic carbocycles. The molecule has 1 heterocycles. The molecule has 0 bridgehead atoms. The van der Waals surface area contributed by atoms with Crippen LogP contribution in [0.1, 0.15) is 16.1 Å². The molecule has 0 spiro atoms. The molecule has 0 unspecified atom stereocenters. The number of carboxylic acids is 1. The molecule has 6 heteroatoms. The van der Waals surface area contributed by atoms with Gasteiger partial charge >= 0.3 is 5.97 Å². The molecule has 0 saturated heterocycles. The number of benzene rings is 1. The number of methoxy groups -OCH3 is 1. The molecule has 96 valence electrons. The Kier molecular flexibility index (Phi) is 3.39. The Balaban J connectivity index is 2.27. The van der Waals surface area contributed by atoms with E-state index in [0.717, 1.165) is 0 Å². The predicted molar refractivity (Wildman–Crippen MR) is 63.5 cm³/mol. The van der Waals surface area contributed by atoms with Gasteiger partial charge in [0.25, 0.3) is 5.95 Å². The zero-order chi connectivity index (χ0) is 13.8. The van der Waals surface area contributed by atoms with E-state index < -0.39 is 5.97 Å². The highest BCUT2D eigenvalue weighted by molar-refractivity contribution is 5.84. The topological polar surface area (TPSA) is 92.7 Å². The third kappa shape index (κ3) is 2.66. The van der Waals surface area contributed by atoms with Crippen LogP contribution in [0.15, 0.2) is 34.7 Å². The highest BCUT2D eigenvalue weighted by Gasteiger charge is 2.12. The van der Waals surface area contributed by atoms with E-state index in [2.05, 4.69) is 0 Å². The molecule has 6 nitrogen and oxygen atoms in total. The molecule has 1 aromatic carbocycles. The lowest BCUT2D eigenvalue weighted by Crippen LogP contribution is -1.92. The van der Waals surface area contributed by atoms with E-state index in [-0.39, 0.29) is 11.7 Å². The molecule has 0 saturated carbocycles. The minimum Gasteiger partial charge on any atom is -0.493 e. The van der Waals surface area contributed by atoms with Crippen LogP contribution in [-0.2, 0) is 0 Å². The highest BCUT2D eigenvalue weighted by atomic mass is 16.6. The number of ether oxygens (including phenoxy) is 2. The van der Waals surface area contributed by atoms with Gasteiger partial charge in [0, 0.05) is 12.1 Å². The van der Waals surface area contributed by atoms with Gasteiger partial charge in [-0.15, -0.1) is 0 Å². The summed E-state index contributed by atoms with van der Waals surface area (Å²) in [6, 6.07) is 9.26. The summed E-state index contributed by atoms with van der Waals surface area (Å²) >= 11 is 0. The first-order valence-electron chi connectivity index (χ1n) is 5.23. The van der Waals surface area contributed by atoms with Crippen molar-refractivity contribution in [3.63, 3.8) is 0 Å². The van der Waals surface area contributed by atoms with Gasteiger partial charge in [-0.05, 0) is 18.2 Å². The number of rotatable bonds is 4. The van der Waals surface area contributed by atoms with E-state index in [4.69, 9.17) is 24.3 Å². The standard InChI is InChI=1S/C13H9NO5/c1-17-11-6-8(7-14)2-3-9(11)18-12-5-4-10(19-12)13(15)16/h2-6H,1H3,(H,15,16). The van der Waals surface area contributed by atoms with E-state index >= 15 is 0 Å². The Hall–Kier alpha value is -2.94. The van der Waals surface area contributed by atoms with Gasteiger partial charge in [0.05, 0.1) is 18.7 Å². The first-order chi connectivity index (χ1) is 9.13. The second kappa shape index (κ2) is 5.14. The zero-order valence-corrected chi connectivity index (χ0v) is 9.91. The molecular formula is C13H9NO5. The van der Waals surface area contributed by atoms with E-state index in [1.807, 2.05) is 6.07 Å². The van der Waals surface area contributed by atoms with E-state index in [1.165, 1.54) is 25.3 Å². The molecule has 0 fully saturated rings. The fourth-order valence-corrected chi connectivity index (χ4v) is 1.42. The molecule has 0 aliphatic rings. The van der Waals surface area contributed by atoms with Gasteiger partial charge in [-0.2, -0.15) is 5.26 Å². The fraction of sp³-hybridized carbons (Fsp3) is 0.0769. The first kappa shape index (κ1) is 12.5. The van der Waals surface area contributed by atoms with Crippen molar-refractivity contribution in [2.75, 3.05) is 7.11 Å². The molecule has 2 aromatic rings. The van der Waals surface area contributed by atoms with Crippen molar-refractivity contribution in [3.8, 4) is 23.5 Å². The fourth-order valence-electron chi connectivity index (χ4n) is 1.42. The highest BCUT2D eigenvalue weighted by Crippen LogP contribution is 2.32. The van der Waals surface area contributed by atoms with Crippen LogP contribution in [0, 0.1) is 11.3 Å². The van der Waals surface area contributed by atoms with Crippen molar-refractivity contribution in [3.05, 3.63) is 41.7 Å². The maximum atomic E-state index is 10.7. The number of aromatic carboxylic acids is 1. The molecular weight excluding hydrogens is 250 g/mol. The lowest BCUT2D eigenvalue weighted by Gasteiger charge is -2.07. The van der Waals surface area contributed by atoms with Gasteiger partial charge in [0.1, 0.15) is 0 Å². The summed E-state index contributed by atoms with van der Waals surface area (Å²) in [6.45, 7) is 0. The van der Waals surface area contributed by atoms with Gasteiger partial charge in [-0.25, -0.2) is 4.79 Å². The quantitative estimate of drug-likeness (QED) is 0.907. The normalized spacial score (nSPS) is 9.68. The number of hydrogen-bond donors (Lipinski definition) is 1. The molecule has 0 radical (unpaired) electrons. The summed E-state index contributed by atoms with van der Waals surface area (Å²) in [5.74, 6) is -0.690. The number of nitriles is 1. The van der Waals surface area contributed by atoms with Crippen molar-refractivity contribution in [2.24, 2.45) is 0 Å². The average molecular weight is 259 g/mol. The summed E-state index contributed by atoms with van der Waals surface area (Å²) in [5.41, 5.74) is 0.426. The second-order valence-electron chi connectivity index (χ2n) is 3.50. The smallest absolute Gasteiger partial charge is 0.371 e. The van der Waals surface area contributed by atoms with Gasteiger partial charge in [-0.1, -0.05) is 0 Å². The number of carboxylic acid groups (broad SMARTS) is 1. The largest absolute Gasteiger partial charge is 0.493 e. The Morgan fingerprint density at radius 3 is 2.68 bits per heavy atom. The van der Waals surface area contributed by atoms with Crippen molar-refractivity contribution in [1.82, 2.24) is 0 Å². The summed E-state index contributed by atoms with van der Waals surface area (Å²) in [6.07, 6.45) is 0. The van der Waals surface area contributed by atoms with Crippen molar-refractivity contribution in [2.45, 2.75) is 0 Å². The van der Waals surface area contributed by atoms with Crippen LogP contribution >= 0.6 is 0 Å². The lowest BCUT2D eigenvalue weighted by atomic mass is 10.2. The molecule has 2 rings (SSSR count). The van der Waals surface area contributed by atoms with Crippen molar-refractivity contribution >= 4 is 5.97 Å². The molecule has 0 aliphatic heterocycles. The zero-order valence-electron chi connectivity index (χ0n) is 9.91. The number of hydrogen-bond acceptors (Lipinski definition) is 5. The second-order valence-corrected chi connectivity index (χ2v) is 3.50. The van der Waals surface area contributed by atoms with Crippen LogP contribution in [0.25, 0.3) is 0 Å². The minimum atomic E-state index is -1.18. The average Bonchev–Trinajstić information content (AvgIpc) is 2.88. The first-order valence-corrected chi connectivity index (χ1v) is 5.23. The van der Waals surface area contributed by atoms with Crippen LogP contribution in [0.2, 0.25) is 0 Å². The maximum Gasteiger partial charge on any atom is 0.371 e. The Labute approximate surface area is 108 Å². The van der Waals surface area contributed by atoms with Crippen molar-refractivity contribution < 1.29 is 23.8 Å². The third-order valence-corrected chi connectivity index (χ3v) is 2.30. The van der Waals surface area contributed by atoms with Gasteiger partial charge in [0.2, 0.25) is 5.76 Å². The van der Waals surface area contributed by atoms with Crippen LogP contribution in [0.4, 0.5) is 0 Å². The van der Waals surface area contributed by atoms with E-state index in [9.17, 15) is 4.79 Å². The van der Waals surface area contributed by atoms with Crippen LogP contribution < -0.4 is 9.47 Å². The van der Waals surface area contributed by atoms with E-state index in [1.54, 1.807) is 12.1 Å². The molecule has 0 amide bonds.